The van der Waals surface area contributed by atoms with Crippen molar-refractivity contribution in [2.45, 2.75) is 20.8 Å². The summed E-state index contributed by atoms with van der Waals surface area (Å²) in [4.78, 5) is 22.7. The second-order valence-corrected chi connectivity index (χ2v) is 6.47. The van der Waals surface area contributed by atoms with Gasteiger partial charge in [-0.3, -0.25) is 14.9 Å². The van der Waals surface area contributed by atoms with Gasteiger partial charge in [-0.2, -0.15) is 5.10 Å². The van der Waals surface area contributed by atoms with Crippen molar-refractivity contribution < 1.29 is 9.72 Å². The molecule has 1 aromatic heterocycles. The van der Waals surface area contributed by atoms with Gasteiger partial charge in [0.1, 0.15) is 5.56 Å². The van der Waals surface area contributed by atoms with Crippen molar-refractivity contribution in [3.63, 3.8) is 0 Å². The Morgan fingerprint density at radius 2 is 1.86 bits per heavy atom. The van der Waals surface area contributed by atoms with E-state index < -0.39 is 10.8 Å². The number of hydrogen-bond acceptors (Lipinski definition) is 4. The molecular formula is C21H20N4O3. The molecule has 0 atom stereocenters. The number of nitrogens with one attached hydrogen (secondary N) is 1. The minimum atomic E-state index is -0.629. The molecule has 0 spiro atoms. The molecule has 7 heteroatoms. The van der Waals surface area contributed by atoms with E-state index in [9.17, 15) is 14.9 Å². The Kier molecular flexibility index (Phi) is 5.35. The predicted octanol–water partition coefficient (Wildman–Crippen LogP) is 4.07. The van der Waals surface area contributed by atoms with Crippen LogP contribution in [-0.2, 0) is 0 Å². The number of benzene rings is 2. The number of amides is 1. The van der Waals surface area contributed by atoms with Gasteiger partial charge in [0.2, 0.25) is 0 Å². The molecule has 0 unspecified atom stereocenters. The first-order chi connectivity index (χ1) is 13.4. The van der Waals surface area contributed by atoms with Crippen molar-refractivity contribution in [2.24, 2.45) is 5.10 Å². The highest BCUT2D eigenvalue weighted by Crippen LogP contribution is 2.21. The first kappa shape index (κ1) is 19.0. The van der Waals surface area contributed by atoms with Gasteiger partial charge in [-0.15, -0.1) is 0 Å². The third kappa shape index (κ3) is 3.83. The Bertz CT molecular complexity index is 1080. The van der Waals surface area contributed by atoms with E-state index in [-0.39, 0.29) is 11.3 Å². The number of hydrazone groups is 1. The molecule has 1 N–H and O–H groups in total. The number of aryl methyl sites for hydroxylation is 2. The van der Waals surface area contributed by atoms with Crippen LogP contribution in [0.25, 0.3) is 5.69 Å². The number of nitrogens with zero attached hydrogens (tertiary/aromatic N) is 3. The van der Waals surface area contributed by atoms with Gasteiger partial charge in [0.05, 0.1) is 11.1 Å². The highest BCUT2D eigenvalue weighted by Gasteiger charge is 2.18. The minimum absolute atomic E-state index is 0.0325. The molecule has 0 aliphatic rings. The predicted molar refractivity (Wildman–Crippen MR) is 108 cm³/mol. The lowest BCUT2D eigenvalue weighted by molar-refractivity contribution is -0.385. The van der Waals surface area contributed by atoms with Crippen LogP contribution in [0.15, 0.2) is 59.7 Å². The van der Waals surface area contributed by atoms with Gasteiger partial charge < -0.3 is 4.57 Å². The maximum Gasteiger partial charge on any atom is 0.282 e. The van der Waals surface area contributed by atoms with E-state index in [1.54, 1.807) is 12.3 Å². The molecule has 3 rings (SSSR count). The summed E-state index contributed by atoms with van der Waals surface area (Å²) in [6, 6.07) is 15.9. The van der Waals surface area contributed by atoms with Crippen molar-refractivity contribution >= 4 is 17.8 Å². The Hall–Kier alpha value is -3.74. The first-order valence-corrected chi connectivity index (χ1v) is 8.71. The smallest absolute Gasteiger partial charge is 0.282 e. The SMILES string of the molecule is Cc1cccc(-n2c(C)cc(/C=N\NC(=O)c3ccccc3[N+](=O)[O-])c2C)c1. The maximum absolute atomic E-state index is 12.2. The molecular weight excluding hydrogens is 356 g/mol. The van der Waals surface area contributed by atoms with Crippen LogP contribution in [0.4, 0.5) is 5.69 Å². The number of carbonyl (C=O) groups excluding carboxylic acids is 1. The van der Waals surface area contributed by atoms with Gasteiger partial charge in [0.15, 0.2) is 0 Å². The second-order valence-electron chi connectivity index (χ2n) is 6.47. The number of rotatable bonds is 5. The van der Waals surface area contributed by atoms with Crippen molar-refractivity contribution in [2.75, 3.05) is 0 Å². The normalized spacial score (nSPS) is 11.0. The van der Waals surface area contributed by atoms with Gasteiger partial charge in [-0.25, -0.2) is 5.43 Å². The molecule has 1 heterocycles. The van der Waals surface area contributed by atoms with Crippen LogP contribution in [0.3, 0.4) is 0 Å². The molecule has 3 aromatic rings. The zero-order chi connectivity index (χ0) is 20.3. The highest BCUT2D eigenvalue weighted by molar-refractivity contribution is 5.98. The van der Waals surface area contributed by atoms with Crippen LogP contribution in [0.2, 0.25) is 0 Å². The topological polar surface area (TPSA) is 89.5 Å². The molecule has 2 aromatic carbocycles. The summed E-state index contributed by atoms with van der Waals surface area (Å²) in [5.41, 5.74) is 7.16. The van der Waals surface area contributed by atoms with Crippen molar-refractivity contribution in [3.8, 4) is 5.69 Å². The van der Waals surface area contributed by atoms with E-state index in [1.165, 1.54) is 18.2 Å². The van der Waals surface area contributed by atoms with Gasteiger partial charge in [-0.1, -0.05) is 24.3 Å². The average molecular weight is 376 g/mol. The quantitative estimate of drug-likeness (QED) is 0.413. The van der Waals surface area contributed by atoms with Crippen molar-refractivity contribution in [1.29, 1.82) is 0 Å². The van der Waals surface area contributed by atoms with Gasteiger partial charge in [0.25, 0.3) is 11.6 Å². The maximum atomic E-state index is 12.2. The molecule has 0 aliphatic carbocycles. The zero-order valence-electron chi connectivity index (χ0n) is 15.8. The molecule has 142 valence electrons. The lowest BCUT2D eigenvalue weighted by Crippen LogP contribution is -2.19. The highest BCUT2D eigenvalue weighted by atomic mass is 16.6. The fourth-order valence-electron chi connectivity index (χ4n) is 3.13. The largest absolute Gasteiger partial charge is 0.318 e. The van der Waals surface area contributed by atoms with Crippen LogP contribution in [0.1, 0.15) is 32.9 Å². The molecule has 0 bridgehead atoms. The summed E-state index contributed by atoms with van der Waals surface area (Å²) in [6.07, 6.45) is 1.54. The monoisotopic (exact) mass is 376 g/mol. The Morgan fingerprint density at radius 3 is 2.57 bits per heavy atom. The number of para-hydroxylation sites is 1. The van der Waals surface area contributed by atoms with E-state index in [1.807, 2.05) is 45.0 Å². The molecule has 0 fully saturated rings. The molecule has 0 aliphatic heterocycles. The number of hydrogen-bond donors (Lipinski definition) is 1. The van der Waals surface area contributed by atoms with Gasteiger partial charge in [0, 0.05) is 28.7 Å². The summed E-state index contributed by atoms with van der Waals surface area (Å²) in [7, 11) is 0. The summed E-state index contributed by atoms with van der Waals surface area (Å²) < 4.78 is 2.11. The van der Waals surface area contributed by atoms with E-state index in [0.29, 0.717) is 0 Å². The standard InChI is InChI=1S/C21H20N4O3/c1-14-7-6-8-18(11-14)24-15(2)12-17(16(24)3)13-22-23-21(26)19-9-4-5-10-20(19)25(27)28/h4-13H,1-3H3,(H,23,26)/b22-13-. The summed E-state index contributed by atoms with van der Waals surface area (Å²) in [5.74, 6) is -0.629. The van der Waals surface area contributed by atoms with Gasteiger partial charge in [-0.05, 0) is 50.6 Å². The lowest BCUT2D eigenvalue weighted by Gasteiger charge is -2.10. The number of nitro groups is 1. The van der Waals surface area contributed by atoms with E-state index in [0.717, 1.165) is 28.2 Å². The third-order valence-electron chi connectivity index (χ3n) is 4.45. The Labute approximate surface area is 162 Å². The van der Waals surface area contributed by atoms with Crippen molar-refractivity contribution in [1.82, 2.24) is 9.99 Å². The van der Waals surface area contributed by atoms with Crippen LogP contribution in [0, 0.1) is 30.9 Å². The van der Waals surface area contributed by atoms with Gasteiger partial charge >= 0.3 is 0 Å². The van der Waals surface area contributed by atoms with Crippen LogP contribution < -0.4 is 5.43 Å². The summed E-state index contributed by atoms with van der Waals surface area (Å²) in [5, 5.41) is 15.0. The minimum Gasteiger partial charge on any atom is -0.318 e. The Morgan fingerprint density at radius 1 is 1.11 bits per heavy atom. The van der Waals surface area contributed by atoms with E-state index in [2.05, 4.69) is 21.2 Å². The second kappa shape index (κ2) is 7.87. The van der Waals surface area contributed by atoms with Crippen LogP contribution >= 0.6 is 0 Å². The molecule has 0 saturated heterocycles. The zero-order valence-corrected chi connectivity index (χ0v) is 15.8. The van der Waals surface area contributed by atoms with E-state index >= 15 is 0 Å². The Balaban J connectivity index is 1.82. The molecule has 28 heavy (non-hydrogen) atoms. The molecule has 0 radical (unpaired) electrons. The number of nitro benzene ring substituents is 1. The molecule has 7 nitrogen and oxygen atoms in total. The lowest BCUT2D eigenvalue weighted by atomic mass is 10.2. The summed E-state index contributed by atoms with van der Waals surface area (Å²) in [6.45, 7) is 6.01. The summed E-state index contributed by atoms with van der Waals surface area (Å²) >= 11 is 0. The molecule has 1 amide bonds. The molecule has 0 saturated carbocycles. The number of aromatic nitrogens is 1. The third-order valence-corrected chi connectivity index (χ3v) is 4.45. The number of carbonyl (C=O) groups is 1. The first-order valence-electron chi connectivity index (χ1n) is 8.71. The van der Waals surface area contributed by atoms with Crippen LogP contribution in [0.5, 0.6) is 0 Å². The van der Waals surface area contributed by atoms with Crippen molar-refractivity contribution in [3.05, 3.63) is 92.8 Å². The van der Waals surface area contributed by atoms with E-state index in [4.69, 9.17) is 0 Å². The van der Waals surface area contributed by atoms with Crippen LogP contribution in [-0.4, -0.2) is 21.6 Å². The average Bonchev–Trinajstić information content (AvgIpc) is 2.95. The fraction of sp³-hybridized carbons (Fsp3) is 0.143. The fourth-order valence-corrected chi connectivity index (χ4v) is 3.13.